The van der Waals surface area contributed by atoms with Crippen molar-refractivity contribution in [1.82, 2.24) is 5.43 Å². The van der Waals surface area contributed by atoms with E-state index in [0.29, 0.717) is 18.5 Å². The summed E-state index contributed by atoms with van der Waals surface area (Å²) in [5.74, 6) is -0.760. The van der Waals surface area contributed by atoms with Crippen molar-refractivity contribution < 1.29 is 19.2 Å². The predicted molar refractivity (Wildman–Crippen MR) is 84.8 cm³/mol. The highest BCUT2D eigenvalue weighted by Crippen LogP contribution is 2.65. The maximum absolute atomic E-state index is 12.7. The maximum Gasteiger partial charge on any atom is 0.313 e. The summed E-state index contributed by atoms with van der Waals surface area (Å²) in [6, 6.07) is 5.64. The quantitative estimate of drug-likeness (QED) is 0.496. The van der Waals surface area contributed by atoms with Crippen molar-refractivity contribution in [3.63, 3.8) is 0 Å². The van der Waals surface area contributed by atoms with Crippen LogP contribution in [-0.2, 0) is 14.3 Å². The van der Waals surface area contributed by atoms with Gasteiger partial charge in [0.15, 0.2) is 5.60 Å². The molecular formula is C16H19N3O5. The highest BCUT2D eigenvalue weighted by molar-refractivity contribution is 5.96. The van der Waals surface area contributed by atoms with Crippen molar-refractivity contribution in [2.24, 2.45) is 10.8 Å². The molecule has 8 nitrogen and oxygen atoms in total. The second-order valence-corrected chi connectivity index (χ2v) is 7.06. The van der Waals surface area contributed by atoms with Gasteiger partial charge >= 0.3 is 5.97 Å². The van der Waals surface area contributed by atoms with Crippen molar-refractivity contribution in [1.29, 1.82) is 0 Å². The molecule has 1 amide bonds. The Balaban J connectivity index is 1.74. The van der Waals surface area contributed by atoms with Crippen LogP contribution in [0.4, 0.5) is 11.4 Å². The summed E-state index contributed by atoms with van der Waals surface area (Å²) in [5, 5.41) is 10.6. The minimum Gasteiger partial charge on any atom is -0.448 e. The van der Waals surface area contributed by atoms with Gasteiger partial charge in [0.2, 0.25) is 0 Å². The summed E-state index contributed by atoms with van der Waals surface area (Å²) >= 11 is 0. The molecule has 2 N–H and O–H groups in total. The summed E-state index contributed by atoms with van der Waals surface area (Å²) in [6.45, 7) is 5.58. The Kier molecular flexibility index (Phi) is 3.33. The van der Waals surface area contributed by atoms with Gasteiger partial charge in [-0.2, -0.15) is 0 Å². The van der Waals surface area contributed by atoms with Gasteiger partial charge < -0.3 is 4.74 Å². The van der Waals surface area contributed by atoms with Crippen LogP contribution >= 0.6 is 0 Å². The molecule has 3 rings (SSSR count). The first-order valence-corrected chi connectivity index (χ1v) is 7.68. The van der Waals surface area contributed by atoms with Crippen LogP contribution in [0.15, 0.2) is 24.3 Å². The molecule has 2 fully saturated rings. The number of benzene rings is 1. The topological polar surface area (TPSA) is 111 Å². The van der Waals surface area contributed by atoms with Crippen LogP contribution in [0, 0.1) is 20.9 Å². The van der Waals surface area contributed by atoms with E-state index in [1.807, 2.05) is 20.8 Å². The third-order valence-electron chi connectivity index (χ3n) is 5.85. The van der Waals surface area contributed by atoms with Crippen LogP contribution in [0.3, 0.4) is 0 Å². The van der Waals surface area contributed by atoms with E-state index >= 15 is 0 Å². The number of hydrogen-bond donors (Lipinski definition) is 2. The van der Waals surface area contributed by atoms with Crippen LogP contribution in [0.25, 0.3) is 0 Å². The molecule has 0 spiro atoms. The number of ether oxygens (including phenoxy) is 1. The van der Waals surface area contributed by atoms with Gasteiger partial charge in [0, 0.05) is 17.5 Å². The Bertz CT molecular complexity index is 730. The zero-order chi connectivity index (χ0) is 17.8. The van der Waals surface area contributed by atoms with E-state index in [0.717, 1.165) is 0 Å². The highest BCUT2D eigenvalue weighted by atomic mass is 16.6. The average Bonchev–Trinajstić information content (AvgIpc) is 2.83. The molecule has 0 unspecified atom stereocenters. The fourth-order valence-electron chi connectivity index (χ4n) is 3.64. The molecule has 1 aromatic rings. The van der Waals surface area contributed by atoms with Crippen LogP contribution < -0.4 is 10.9 Å². The lowest BCUT2D eigenvalue weighted by Gasteiger charge is -2.35. The molecule has 0 radical (unpaired) electrons. The Morgan fingerprint density at radius 1 is 1.21 bits per heavy atom. The number of amides is 1. The molecule has 0 aromatic heterocycles. The van der Waals surface area contributed by atoms with Crippen LogP contribution in [0.1, 0.15) is 33.6 Å². The van der Waals surface area contributed by atoms with E-state index in [4.69, 9.17) is 4.74 Å². The fourth-order valence-corrected chi connectivity index (χ4v) is 3.64. The van der Waals surface area contributed by atoms with Gasteiger partial charge in [-0.15, -0.1) is 0 Å². The molecule has 1 aliphatic heterocycles. The number of carbonyl (C=O) groups is 2. The number of hydrazine groups is 1. The van der Waals surface area contributed by atoms with E-state index in [2.05, 4.69) is 10.9 Å². The molecule has 128 valence electrons. The zero-order valence-electron chi connectivity index (χ0n) is 13.7. The van der Waals surface area contributed by atoms with Crippen LogP contribution in [-0.4, -0.2) is 22.4 Å². The van der Waals surface area contributed by atoms with Crippen molar-refractivity contribution in [2.45, 2.75) is 39.2 Å². The largest absolute Gasteiger partial charge is 0.448 e. The third-order valence-corrected chi connectivity index (χ3v) is 5.85. The smallest absolute Gasteiger partial charge is 0.313 e. The molecule has 24 heavy (non-hydrogen) atoms. The zero-order valence-corrected chi connectivity index (χ0v) is 13.7. The molecule has 2 aliphatic rings. The minimum atomic E-state index is -1.20. The molecule has 1 aromatic carbocycles. The van der Waals surface area contributed by atoms with E-state index in [1.165, 1.54) is 24.3 Å². The normalized spacial score (nSPS) is 29.9. The molecule has 1 saturated heterocycles. The first-order chi connectivity index (χ1) is 11.1. The molecule has 2 atom stereocenters. The number of esters is 1. The number of nitrogens with one attached hydrogen (secondary N) is 2. The Morgan fingerprint density at radius 2 is 1.83 bits per heavy atom. The summed E-state index contributed by atoms with van der Waals surface area (Å²) in [4.78, 5) is 35.0. The molecule has 8 heteroatoms. The summed E-state index contributed by atoms with van der Waals surface area (Å²) in [7, 11) is 0. The number of carbonyl (C=O) groups excluding carboxylic acids is 2. The number of non-ortho nitro benzene ring substituents is 1. The monoisotopic (exact) mass is 333 g/mol. The molecular weight excluding hydrogens is 314 g/mol. The molecule has 2 bridgehead atoms. The number of nitrogens with zero attached hydrogens (tertiary/aromatic N) is 1. The van der Waals surface area contributed by atoms with Crippen LogP contribution in [0.5, 0.6) is 0 Å². The maximum atomic E-state index is 12.7. The van der Waals surface area contributed by atoms with Crippen molar-refractivity contribution >= 4 is 23.3 Å². The van der Waals surface area contributed by atoms with Gasteiger partial charge in [0.25, 0.3) is 11.6 Å². The van der Waals surface area contributed by atoms with Gasteiger partial charge in [0.05, 0.1) is 16.0 Å². The standard InChI is InChI=1S/C16H19N3O5/c1-14(2)15(3)8-9-16(14,24-13(15)21)12(20)18-17-10-4-6-11(7-5-10)19(22)23/h4-7,17H,8-9H2,1-3H3,(H,18,20)/t15-,16+/m0/s1. The third kappa shape index (κ3) is 1.92. The number of anilines is 1. The molecule has 1 heterocycles. The van der Waals surface area contributed by atoms with E-state index < -0.39 is 27.3 Å². The lowest BCUT2D eigenvalue weighted by atomic mass is 9.66. The Morgan fingerprint density at radius 3 is 2.29 bits per heavy atom. The lowest BCUT2D eigenvalue weighted by Crippen LogP contribution is -2.54. The lowest BCUT2D eigenvalue weighted by molar-refractivity contribution is -0.384. The van der Waals surface area contributed by atoms with E-state index in [-0.39, 0.29) is 11.7 Å². The van der Waals surface area contributed by atoms with Crippen molar-refractivity contribution in [3.8, 4) is 0 Å². The number of nitro benzene ring substituents is 1. The highest BCUT2D eigenvalue weighted by Gasteiger charge is 2.75. The van der Waals surface area contributed by atoms with Gasteiger partial charge in [0.1, 0.15) is 0 Å². The van der Waals surface area contributed by atoms with Crippen LogP contribution in [0.2, 0.25) is 0 Å². The number of fused-ring (bicyclic) bond motifs is 2. The van der Waals surface area contributed by atoms with E-state index in [9.17, 15) is 19.7 Å². The second-order valence-electron chi connectivity index (χ2n) is 7.06. The summed E-state index contributed by atoms with van der Waals surface area (Å²) < 4.78 is 5.49. The van der Waals surface area contributed by atoms with Gasteiger partial charge in [-0.3, -0.25) is 30.6 Å². The number of rotatable bonds is 4. The second kappa shape index (κ2) is 4.93. The Labute approximate surface area is 138 Å². The van der Waals surface area contributed by atoms with Gasteiger partial charge in [-0.05, 0) is 31.9 Å². The fraction of sp³-hybridized carbons (Fsp3) is 0.500. The van der Waals surface area contributed by atoms with Crippen molar-refractivity contribution in [3.05, 3.63) is 34.4 Å². The SMILES string of the molecule is CC1(C)[C@@]2(C)CC[C@]1(C(=O)NNc1ccc([N+](=O)[O-])cc1)OC2=O. The first-order valence-electron chi connectivity index (χ1n) is 7.68. The van der Waals surface area contributed by atoms with Gasteiger partial charge in [-0.25, -0.2) is 0 Å². The summed E-state index contributed by atoms with van der Waals surface area (Å²) in [6.07, 6.45) is 1.07. The first kappa shape index (κ1) is 16.2. The number of nitro groups is 1. The number of hydrogen-bond acceptors (Lipinski definition) is 6. The Hall–Kier alpha value is -2.64. The predicted octanol–water partition coefficient (Wildman–Crippen LogP) is 2.16. The van der Waals surface area contributed by atoms with E-state index in [1.54, 1.807) is 0 Å². The van der Waals surface area contributed by atoms with Gasteiger partial charge in [-0.1, -0.05) is 13.8 Å². The summed E-state index contributed by atoms with van der Waals surface area (Å²) in [5.41, 5.74) is 3.24. The minimum absolute atomic E-state index is 0.0390. The molecule has 1 aliphatic carbocycles. The van der Waals surface area contributed by atoms with Crippen molar-refractivity contribution in [2.75, 3.05) is 5.43 Å². The molecule has 1 saturated carbocycles. The average molecular weight is 333 g/mol.